The van der Waals surface area contributed by atoms with Crippen LogP contribution in [0.25, 0.3) is 0 Å². The molecule has 0 amide bonds. The van der Waals surface area contributed by atoms with Crippen molar-refractivity contribution in [3.05, 3.63) is 0 Å². The van der Waals surface area contributed by atoms with Crippen LogP contribution in [0.5, 0.6) is 0 Å². The van der Waals surface area contributed by atoms with Crippen molar-refractivity contribution in [2.75, 3.05) is 39.6 Å². The van der Waals surface area contributed by atoms with Crippen LogP contribution < -0.4 is 0 Å². The number of phosphoric acid groups is 2. The first-order valence-electron chi connectivity index (χ1n) is 42.6. The quantitative estimate of drug-likeness (QED) is 0.0222. The zero-order valence-corrected chi connectivity index (χ0v) is 67.8. The summed E-state index contributed by atoms with van der Waals surface area (Å²) in [5, 5.41) is 10.6. The van der Waals surface area contributed by atoms with Crippen LogP contribution in [0.3, 0.4) is 0 Å². The first-order chi connectivity index (χ1) is 49.0. The normalized spacial score (nSPS) is 13.8. The molecule has 0 aliphatic carbocycles. The maximum absolute atomic E-state index is 13.1. The van der Waals surface area contributed by atoms with Crippen molar-refractivity contribution in [2.45, 2.75) is 457 Å². The van der Waals surface area contributed by atoms with E-state index in [9.17, 15) is 43.2 Å². The molecule has 0 radical (unpaired) electrons. The lowest BCUT2D eigenvalue weighted by Crippen LogP contribution is -2.30. The summed E-state index contributed by atoms with van der Waals surface area (Å²) in [6.07, 6.45) is 66.8. The lowest BCUT2D eigenvalue weighted by atomic mass is 10.0. The minimum atomic E-state index is -4.96. The SMILES string of the molecule is CCCCCCCCCCCCCCCCCCCCCCC(=O)O[C@H](COC(=O)CCCCCCCCCCCCCCCCCC)COP(=O)(O)OC[C@@H](O)COP(=O)(O)OC[C@@H](COC(=O)CCCCCCCCC(C)C)OC(=O)CCCCCCCCCCCCCCCCCC. The monoisotopic (exact) mass is 1480 g/mol. The molecule has 600 valence electrons. The van der Waals surface area contributed by atoms with Crippen molar-refractivity contribution in [3.63, 3.8) is 0 Å². The zero-order valence-electron chi connectivity index (χ0n) is 66.1. The number of phosphoric ester groups is 2. The average molecular weight is 1480 g/mol. The summed E-state index contributed by atoms with van der Waals surface area (Å²) in [5.74, 6) is -1.43. The Bertz CT molecular complexity index is 1930. The molecule has 0 rings (SSSR count). The maximum Gasteiger partial charge on any atom is 0.472 e. The van der Waals surface area contributed by atoms with E-state index < -0.39 is 97.5 Å². The van der Waals surface area contributed by atoms with Gasteiger partial charge in [-0.25, -0.2) is 9.13 Å². The third-order valence-electron chi connectivity index (χ3n) is 19.3. The Hall–Kier alpha value is -1.94. The van der Waals surface area contributed by atoms with Gasteiger partial charge in [0.1, 0.15) is 19.3 Å². The predicted octanol–water partition coefficient (Wildman–Crippen LogP) is 24.8. The second kappa shape index (κ2) is 74.9. The van der Waals surface area contributed by atoms with Crippen molar-refractivity contribution < 1.29 is 80.2 Å². The highest BCUT2D eigenvalue weighted by molar-refractivity contribution is 7.47. The van der Waals surface area contributed by atoms with E-state index in [2.05, 4.69) is 34.6 Å². The lowest BCUT2D eigenvalue weighted by molar-refractivity contribution is -0.161. The Morgan fingerprint density at radius 1 is 0.267 bits per heavy atom. The first kappa shape index (κ1) is 99.1. The highest BCUT2D eigenvalue weighted by Gasteiger charge is 2.30. The van der Waals surface area contributed by atoms with E-state index >= 15 is 0 Å². The van der Waals surface area contributed by atoms with Crippen LogP contribution in [0.2, 0.25) is 0 Å². The molecule has 0 aliphatic rings. The van der Waals surface area contributed by atoms with Gasteiger partial charge < -0.3 is 33.8 Å². The minimum Gasteiger partial charge on any atom is -0.462 e. The van der Waals surface area contributed by atoms with Crippen molar-refractivity contribution in [1.82, 2.24) is 0 Å². The van der Waals surface area contributed by atoms with Gasteiger partial charge in [-0.05, 0) is 31.6 Å². The van der Waals surface area contributed by atoms with Crippen LogP contribution in [-0.4, -0.2) is 96.7 Å². The number of carbonyl (C=O) groups is 4. The topological polar surface area (TPSA) is 237 Å². The van der Waals surface area contributed by atoms with E-state index in [4.69, 9.17) is 37.0 Å². The van der Waals surface area contributed by atoms with Gasteiger partial charge in [0, 0.05) is 25.7 Å². The fraction of sp³-hybridized carbons (Fsp3) is 0.951. The van der Waals surface area contributed by atoms with Crippen LogP contribution in [0.15, 0.2) is 0 Å². The molecule has 19 heteroatoms. The van der Waals surface area contributed by atoms with Crippen molar-refractivity contribution in [1.29, 1.82) is 0 Å². The van der Waals surface area contributed by atoms with Gasteiger partial charge in [0.15, 0.2) is 12.2 Å². The fourth-order valence-electron chi connectivity index (χ4n) is 12.8. The second-order valence-electron chi connectivity index (χ2n) is 30.0. The Morgan fingerprint density at radius 2 is 0.455 bits per heavy atom. The summed E-state index contributed by atoms with van der Waals surface area (Å²) < 4.78 is 68.7. The predicted molar refractivity (Wildman–Crippen MR) is 414 cm³/mol. The van der Waals surface area contributed by atoms with E-state index in [1.165, 1.54) is 257 Å². The molecule has 0 bridgehead atoms. The Kier molecular flexibility index (Phi) is 73.5. The van der Waals surface area contributed by atoms with Crippen LogP contribution >= 0.6 is 15.6 Å². The summed E-state index contributed by atoms with van der Waals surface area (Å²) in [6.45, 7) is 7.26. The molecule has 0 aromatic rings. The lowest BCUT2D eigenvalue weighted by Gasteiger charge is -2.21. The number of carbonyl (C=O) groups excluding carboxylic acids is 4. The van der Waals surface area contributed by atoms with Gasteiger partial charge in [-0.3, -0.25) is 37.3 Å². The Balaban J connectivity index is 5.21. The molecule has 0 aliphatic heterocycles. The van der Waals surface area contributed by atoms with Gasteiger partial charge in [-0.1, -0.05) is 388 Å². The zero-order chi connectivity index (χ0) is 74.1. The maximum atomic E-state index is 13.1. The molecular formula is C82H160O17P2. The van der Waals surface area contributed by atoms with E-state index in [0.717, 1.165) is 96.3 Å². The molecule has 5 atom stereocenters. The summed E-state index contributed by atoms with van der Waals surface area (Å²) in [4.78, 5) is 73.0. The first-order valence-corrected chi connectivity index (χ1v) is 45.6. The number of aliphatic hydroxyl groups is 1. The summed E-state index contributed by atoms with van der Waals surface area (Å²) >= 11 is 0. The summed E-state index contributed by atoms with van der Waals surface area (Å²) in [6, 6.07) is 0. The van der Waals surface area contributed by atoms with Gasteiger partial charge in [0.2, 0.25) is 0 Å². The Morgan fingerprint density at radius 3 is 0.673 bits per heavy atom. The van der Waals surface area contributed by atoms with Crippen molar-refractivity contribution >= 4 is 39.5 Å². The van der Waals surface area contributed by atoms with Crippen LogP contribution in [0.4, 0.5) is 0 Å². The number of hydrogen-bond donors (Lipinski definition) is 3. The fourth-order valence-corrected chi connectivity index (χ4v) is 14.3. The third kappa shape index (κ3) is 76.1. The Labute approximate surface area is 619 Å². The van der Waals surface area contributed by atoms with E-state index in [1.54, 1.807) is 0 Å². The van der Waals surface area contributed by atoms with Gasteiger partial charge in [0.25, 0.3) is 0 Å². The molecule has 0 aromatic carbocycles. The van der Waals surface area contributed by atoms with E-state index in [-0.39, 0.29) is 25.7 Å². The standard InChI is InChI=1S/C82H160O17P2/c1-6-9-12-15-18-21-24-27-30-33-34-35-36-39-42-45-48-51-58-63-67-81(86)98-77(71-92-79(84)65-60-55-49-46-43-40-37-31-28-25-22-19-16-13-10-7-2)73-96-100(88,89)94-69-76(83)70-95-101(90,91)97-74-78(72-93-80(85)66-61-56-53-52-54-59-64-75(4)5)99-82(87)68-62-57-50-47-44-41-38-32-29-26-23-20-17-14-11-8-3/h75-78,83H,6-74H2,1-5H3,(H,88,89)(H,90,91)/t76-,77-,78-/m1/s1. The largest absolute Gasteiger partial charge is 0.472 e. The number of hydrogen-bond acceptors (Lipinski definition) is 15. The number of aliphatic hydroxyl groups excluding tert-OH is 1. The van der Waals surface area contributed by atoms with Gasteiger partial charge in [0.05, 0.1) is 26.4 Å². The van der Waals surface area contributed by atoms with Crippen molar-refractivity contribution in [3.8, 4) is 0 Å². The van der Waals surface area contributed by atoms with Crippen LogP contribution in [0, 0.1) is 5.92 Å². The average Bonchev–Trinajstić information content (AvgIpc) is 0.995. The number of unbranched alkanes of at least 4 members (excludes halogenated alkanes) is 54. The summed E-state index contributed by atoms with van der Waals surface area (Å²) in [7, 11) is -9.92. The minimum absolute atomic E-state index is 0.108. The highest BCUT2D eigenvalue weighted by Crippen LogP contribution is 2.45. The van der Waals surface area contributed by atoms with Crippen LogP contribution in [-0.2, 0) is 65.4 Å². The number of esters is 4. The number of rotatable bonds is 82. The van der Waals surface area contributed by atoms with Gasteiger partial charge in [-0.15, -0.1) is 0 Å². The highest BCUT2D eigenvalue weighted by atomic mass is 31.2. The molecule has 0 aromatic heterocycles. The molecular weight excluding hydrogens is 1320 g/mol. The van der Waals surface area contributed by atoms with Crippen molar-refractivity contribution in [2.24, 2.45) is 5.92 Å². The molecule has 0 saturated carbocycles. The molecule has 101 heavy (non-hydrogen) atoms. The van der Waals surface area contributed by atoms with Gasteiger partial charge in [-0.2, -0.15) is 0 Å². The summed E-state index contributed by atoms with van der Waals surface area (Å²) in [5.41, 5.74) is 0. The van der Waals surface area contributed by atoms with Gasteiger partial charge >= 0.3 is 39.5 Å². The molecule has 3 N–H and O–H groups in total. The second-order valence-corrected chi connectivity index (χ2v) is 32.9. The third-order valence-corrected chi connectivity index (χ3v) is 21.2. The molecule has 0 heterocycles. The molecule has 0 saturated heterocycles. The molecule has 0 spiro atoms. The molecule has 17 nitrogen and oxygen atoms in total. The smallest absolute Gasteiger partial charge is 0.462 e. The van der Waals surface area contributed by atoms with E-state index in [0.29, 0.717) is 31.6 Å². The molecule has 0 fully saturated rings. The molecule has 2 unspecified atom stereocenters. The van der Waals surface area contributed by atoms with E-state index in [1.807, 2.05) is 0 Å². The van der Waals surface area contributed by atoms with Crippen LogP contribution in [0.1, 0.15) is 439 Å². The number of ether oxygens (including phenoxy) is 4.